The van der Waals surface area contributed by atoms with E-state index < -0.39 is 6.04 Å². The van der Waals surface area contributed by atoms with Crippen molar-refractivity contribution in [1.82, 2.24) is 4.40 Å². The van der Waals surface area contributed by atoms with Crippen molar-refractivity contribution in [2.45, 2.75) is 26.8 Å². The van der Waals surface area contributed by atoms with Gasteiger partial charge in [-0.2, -0.15) is 0 Å². The lowest BCUT2D eigenvalue weighted by atomic mass is 10.1. The molecule has 1 unspecified atom stereocenters. The van der Waals surface area contributed by atoms with E-state index in [0.717, 1.165) is 16.8 Å². The third-order valence-electron chi connectivity index (χ3n) is 2.97. The van der Waals surface area contributed by atoms with Gasteiger partial charge in [0.25, 0.3) is 0 Å². The van der Waals surface area contributed by atoms with Crippen molar-refractivity contribution in [3.05, 3.63) is 46.1 Å². The summed E-state index contributed by atoms with van der Waals surface area (Å²) < 4.78 is 1.92. The van der Waals surface area contributed by atoms with Crippen LogP contribution in [0.25, 0.3) is 5.52 Å². The molecule has 17 heavy (non-hydrogen) atoms. The van der Waals surface area contributed by atoms with Crippen LogP contribution in [0.3, 0.4) is 0 Å². The highest BCUT2D eigenvalue weighted by molar-refractivity contribution is 5.83. The minimum absolute atomic E-state index is 0.230. The minimum atomic E-state index is -0.918. The first-order valence-corrected chi connectivity index (χ1v) is 5.46. The van der Waals surface area contributed by atoms with Gasteiger partial charge in [-0.25, -0.2) is 0 Å². The van der Waals surface area contributed by atoms with Crippen molar-refractivity contribution in [3.8, 4) is 0 Å². The van der Waals surface area contributed by atoms with E-state index in [4.69, 9.17) is 0 Å². The van der Waals surface area contributed by atoms with Gasteiger partial charge in [-0.15, -0.1) is 4.91 Å². The second-order valence-electron chi connectivity index (χ2n) is 4.26. The van der Waals surface area contributed by atoms with Crippen LogP contribution in [0.1, 0.15) is 29.9 Å². The van der Waals surface area contributed by atoms with Crippen LogP contribution in [0, 0.1) is 18.8 Å². The molecule has 0 aliphatic rings. The van der Waals surface area contributed by atoms with Crippen molar-refractivity contribution in [2.75, 3.05) is 0 Å². The van der Waals surface area contributed by atoms with E-state index in [-0.39, 0.29) is 5.78 Å². The van der Waals surface area contributed by atoms with E-state index in [1.165, 1.54) is 6.92 Å². The zero-order valence-corrected chi connectivity index (χ0v) is 10.1. The van der Waals surface area contributed by atoms with Crippen LogP contribution in [0.5, 0.6) is 0 Å². The lowest BCUT2D eigenvalue weighted by Gasteiger charge is -2.10. The second kappa shape index (κ2) is 4.13. The molecule has 0 aliphatic heterocycles. The Balaban J connectivity index is 2.80. The summed E-state index contributed by atoms with van der Waals surface area (Å²) in [6, 6.07) is 6.89. The lowest BCUT2D eigenvalue weighted by Crippen LogP contribution is -2.10. The zero-order chi connectivity index (χ0) is 12.6. The molecule has 0 saturated carbocycles. The molecular weight excluding hydrogens is 216 g/mol. The van der Waals surface area contributed by atoms with Crippen molar-refractivity contribution in [1.29, 1.82) is 0 Å². The summed E-state index contributed by atoms with van der Waals surface area (Å²) in [6.07, 6.45) is 0. The second-order valence-corrected chi connectivity index (χ2v) is 4.26. The molecule has 2 aromatic heterocycles. The Hall–Kier alpha value is -1.97. The monoisotopic (exact) mass is 230 g/mol. The fourth-order valence-electron chi connectivity index (χ4n) is 2.21. The van der Waals surface area contributed by atoms with Crippen LogP contribution < -0.4 is 0 Å². The summed E-state index contributed by atoms with van der Waals surface area (Å²) >= 11 is 0. The Morgan fingerprint density at radius 2 is 2.06 bits per heavy atom. The Kier molecular flexibility index (Phi) is 2.79. The summed E-state index contributed by atoms with van der Waals surface area (Å²) in [7, 11) is 0. The fraction of sp³-hybridized carbons (Fsp3) is 0.308. The molecule has 1 atom stereocenters. The zero-order valence-electron chi connectivity index (χ0n) is 10.1. The van der Waals surface area contributed by atoms with Crippen LogP contribution in [-0.2, 0) is 4.79 Å². The Morgan fingerprint density at radius 1 is 1.35 bits per heavy atom. The lowest BCUT2D eigenvalue weighted by molar-refractivity contribution is -0.118. The van der Waals surface area contributed by atoms with Crippen LogP contribution in [0.15, 0.2) is 29.4 Å². The van der Waals surface area contributed by atoms with Gasteiger partial charge in [0.2, 0.25) is 0 Å². The van der Waals surface area contributed by atoms with Gasteiger partial charge in [-0.3, -0.25) is 4.79 Å². The van der Waals surface area contributed by atoms with E-state index in [1.807, 2.05) is 42.5 Å². The SMILES string of the molecule is CC(=O)C(N=O)c1c(C)cc2cccc(C)n12. The molecule has 0 aliphatic carbocycles. The maximum absolute atomic E-state index is 11.5. The topological polar surface area (TPSA) is 50.9 Å². The molecule has 2 aromatic rings. The molecule has 0 radical (unpaired) electrons. The fourth-order valence-corrected chi connectivity index (χ4v) is 2.21. The summed E-state index contributed by atoms with van der Waals surface area (Å²) in [5.74, 6) is -0.230. The maximum atomic E-state index is 11.5. The largest absolute Gasteiger partial charge is 0.315 e. The highest BCUT2D eigenvalue weighted by atomic mass is 16.3. The van der Waals surface area contributed by atoms with Gasteiger partial charge < -0.3 is 4.40 Å². The summed E-state index contributed by atoms with van der Waals surface area (Å²) in [5.41, 5.74) is 3.56. The number of rotatable bonds is 3. The average Bonchev–Trinajstić information content (AvgIpc) is 2.58. The number of aryl methyl sites for hydroxylation is 2. The molecule has 2 heterocycles. The number of hydrogen-bond acceptors (Lipinski definition) is 3. The summed E-state index contributed by atoms with van der Waals surface area (Å²) in [4.78, 5) is 22.3. The first kappa shape index (κ1) is 11.5. The number of nitroso groups, excluding NO2 is 1. The number of aromatic nitrogens is 1. The van der Waals surface area contributed by atoms with Crippen LogP contribution in [0.2, 0.25) is 0 Å². The number of carbonyl (C=O) groups excluding carboxylic acids is 1. The molecule has 0 bridgehead atoms. The number of carbonyl (C=O) groups is 1. The molecule has 0 fully saturated rings. The minimum Gasteiger partial charge on any atom is -0.315 e. The number of fused-ring (bicyclic) bond motifs is 1. The van der Waals surface area contributed by atoms with Gasteiger partial charge in [0.1, 0.15) is 0 Å². The van der Waals surface area contributed by atoms with Crippen LogP contribution in [-0.4, -0.2) is 10.2 Å². The first-order chi connectivity index (χ1) is 8.06. The summed E-state index contributed by atoms with van der Waals surface area (Å²) in [5, 5.41) is 2.96. The normalized spacial score (nSPS) is 12.6. The van der Waals surface area contributed by atoms with E-state index in [0.29, 0.717) is 5.69 Å². The predicted octanol–water partition coefficient (Wildman–Crippen LogP) is 2.95. The summed E-state index contributed by atoms with van der Waals surface area (Å²) in [6.45, 7) is 5.23. The van der Waals surface area contributed by atoms with Crippen LogP contribution >= 0.6 is 0 Å². The molecule has 0 saturated heterocycles. The van der Waals surface area contributed by atoms with Gasteiger partial charge in [0, 0.05) is 11.2 Å². The van der Waals surface area contributed by atoms with Crippen molar-refractivity contribution < 1.29 is 4.79 Å². The quantitative estimate of drug-likeness (QED) is 0.761. The van der Waals surface area contributed by atoms with Gasteiger partial charge in [-0.1, -0.05) is 11.2 Å². The molecule has 2 rings (SSSR count). The molecule has 0 aromatic carbocycles. The van der Waals surface area contributed by atoms with Crippen molar-refractivity contribution >= 4 is 11.3 Å². The molecule has 4 nitrogen and oxygen atoms in total. The number of hydrogen-bond donors (Lipinski definition) is 0. The highest BCUT2D eigenvalue weighted by Crippen LogP contribution is 2.27. The molecule has 4 heteroatoms. The maximum Gasteiger partial charge on any atom is 0.190 e. The van der Waals surface area contributed by atoms with Gasteiger partial charge in [-0.05, 0) is 44.5 Å². The van der Waals surface area contributed by atoms with Crippen molar-refractivity contribution in [3.63, 3.8) is 0 Å². The van der Waals surface area contributed by atoms with Crippen LogP contribution in [0.4, 0.5) is 0 Å². The number of nitrogens with zero attached hydrogens (tertiary/aromatic N) is 2. The smallest absolute Gasteiger partial charge is 0.190 e. The van der Waals surface area contributed by atoms with E-state index in [1.54, 1.807) is 0 Å². The van der Waals surface area contributed by atoms with Gasteiger partial charge in [0.05, 0.1) is 5.69 Å². The average molecular weight is 230 g/mol. The predicted molar refractivity (Wildman–Crippen MR) is 66.1 cm³/mol. The molecule has 0 N–H and O–H groups in total. The van der Waals surface area contributed by atoms with Gasteiger partial charge in [0.15, 0.2) is 11.8 Å². The highest BCUT2D eigenvalue weighted by Gasteiger charge is 2.23. The Bertz CT molecular complexity index is 599. The molecular formula is C13H14N2O2. The number of Topliss-reactive ketones (excluding diaryl/α,β-unsaturated/α-hetero) is 1. The molecule has 0 amide bonds. The van der Waals surface area contributed by atoms with Crippen molar-refractivity contribution in [2.24, 2.45) is 5.18 Å². The standard InChI is InChI=1S/C13H14N2O2/c1-8-7-11-6-4-5-9(2)15(11)13(8)12(14-17)10(3)16/h4-7,12H,1-3H3. The van der Waals surface area contributed by atoms with E-state index in [2.05, 4.69) is 5.18 Å². The van der Waals surface area contributed by atoms with E-state index >= 15 is 0 Å². The Labute approximate surface area is 99.2 Å². The molecule has 0 spiro atoms. The Morgan fingerprint density at radius 3 is 2.65 bits per heavy atom. The van der Waals surface area contributed by atoms with Gasteiger partial charge >= 0.3 is 0 Å². The third kappa shape index (κ3) is 1.75. The first-order valence-electron chi connectivity index (χ1n) is 5.46. The number of ketones is 1. The van der Waals surface area contributed by atoms with E-state index in [9.17, 15) is 9.70 Å². The number of pyridine rings is 1. The third-order valence-corrected chi connectivity index (χ3v) is 2.97. The molecule has 88 valence electrons.